The molecule has 0 saturated carbocycles. The molecule has 2 rings (SSSR count). The number of hydrogen-bond acceptors (Lipinski definition) is 3. The van der Waals surface area contributed by atoms with E-state index in [0.29, 0.717) is 0 Å². The van der Waals surface area contributed by atoms with Crippen molar-refractivity contribution >= 4 is 28.9 Å². The first-order chi connectivity index (χ1) is 10.2. The molecule has 0 N–H and O–H groups in total. The van der Waals surface area contributed by atoms with E-state index in [1.807, 2.05) is 60.7 Å². The van der Waals surface area contributed by atoms with Gasteiger partial charge in [-0.05, 0) is 11.1 Å². The molecule has 5 heteroatoms. The predicted molar refractivity (Wildman–Crippen MR) is 90.7 cm³/mol. The molecule has 0 bridgehead atoms. The van der Waals surface area contributed by atoms with Crippen LogP contribution in [0, 0.1) is 0 Å². The van der Waals surface area contributed by atoms with Crippen molar-refractivity contribution in [1.29, 1.82) is 0 Å². The first kappa shape index (κ1) is 16.1. The molecule has 0 aliphatic heterocycles. The molecule has 2 aromatic carbocycles. The summed E-state index contributed by atoms with van der Waals surface area (Å²) in [4.78, 5) is 13.2. The van der Waals surface area contributed by atoms with Crippen molar-refractivity contribution in [3.05, 3.63) is 71.8 Å². The summed E-state index contributed by atoms with van der Waals surface area (Å²) in [5.41, 5.74) is 2.12. The highest BCUT2D eigenvalue weighted by molar-refractivity contribution is 8.08. The Bertz CT molecular complexity index is 592. The second-order valence-corrected chi connectivity index (χ2v) is 7.49. The van der Waals surface area contributed by atoms with Crippen LogP contribution in [0.2, 0.25) is 0 Å². The zero-order chi connectivity index (χ0) is 15.1. The first-order valence-electron chi connectivity index (χ1n) is 6.38. The lowest BCUT2D eigenvalue weighted by molar-refractivity contribution is -0.206. The molecule has 0 aliphatic rings. The van der Waals surface area contributed by atoms with Gasteiger partial charge in [0.2, 0.25) is 0 Å². The fourth-order valence-corrected chi connectivity index (χ4v) is 4.08. The van der Waals surface area contributed by atoms with Crippen LogP contribution in [-0.2, 0) is 9.05 Å². The molecule has 0 spiro atoms. The Morgan fingerprint density at radius 2 is 1.33 bits per heavy atom. The van der Waals surface area contributed by atoms with Gasteiger partial charge in [0.05, 0.1) is 14.2 Å². The molecular weight excluding hydrogens is 303 g/mol. The van der Waals surface area contributed by atoms with Gasteiger partial charge in [0.25, 0.3) is 7.94 Å². The van der Waals surface area contributed by atoms with E-state index in [1.165, 1.54) is 30.3 Å². The van der Waals surface area contributed by atoms with Gasteiger partial charge in [0.15, 0.2) is 5.11 Å². The van der Waals surface area contributed by atoms with Gasteiger partial charge in [-0.3, -0.25) is 0 Å². The number of benzene rings is 2. The minimum Gasteiger partial charge on any atom is -0.627 e. The van der Waals surface area contributed by atoms with Gasteiger partial charge in [-0.15, -0.1) is 10.9 Å². The molecule has 0 saturated heterocycles. The van der Waals surface area contributed by atoms with Crippen molar-refractivity contribution in [2.24, 2.45) is 0 Å². The van der Waals surface area contributed by atoms with Gasteiger partial charge in [-0.2, -0.15) is 0 Å². The highest BCUT2D eigenvalue weighted by Crippen LogP contribution is 2.48. The molecule has 3 nitrogen and oxygen atoms in total. The van der Waals surface area contributed by atoms with Crippen LogP contribution >= 0.6 is 18.9 Å². The lowest BCUT2D eigenvalue weighted by atomic mass is 10.1. The molecule has 0 amide bonds. The summed E-state index contributed by atoms with van der Waals surface area (Å²) >= 11 is 0. The van der Waals surface area contributed by atoms with E-state index in [4.69, 9.17) is 9.05 Å². The van der Waals surface area contributed by atoms with Crippen LogP contribution in [0.1, 0.15) is 11.1 Å². The first-order valence-corrected chi connectivity index (χ1v) is 8.88. The van der Waals surface area contributed by atoms with Crippen molar-refractivity contribution in [2.75, 3.05) is 14.2 Å². The topological polar surface area (TPSA) is 41.5 Å². The molecule has 21 heavy (non-hydrogen) atoms. The summed E-state index contributed by atoms with van der Waals surface area (Å²) < 4.78 is 9.91. The van der Waals surface area contributed by atoms with Crippen LogP contribution in [0.3, 0.4) is 0 Å². The molecule has 0 heterocycles. The lowest BCUT2D eigenvalue weighted by Gasteiger charge is -2.18. The Morgan fingerprint density at radius 1 is 0.905 bits per heavy atom. The van der Waals surface area contributed by atoms with E-state index in [9.17, 15) is 4.89 Å². The van der Waals surface area contributed by atoms with E-state index in [1.54, 1.807) is 0 Å². The summed E-state index contributed by atoms with van der Waals surface area (Å²) in [6.45, 7) is 0. The molecule has 0 fully saturated rings. The Balaban J connectivity index is 2.55. The quantitative estimate of drug-likeness (QED) is 0.483. The monoisotopic (exact) mass is 320 g/mol. The Morgan fingerprint density at radius 3 is 1.71 bits per heavy atom. The molecule has 0 unspecified atom stereocenters. The van der Waals surface area contributed by atoms with Gasteiger partial charge in [0.1, 0.15) is 0 Å². The maximum Gasteiger partial charge on any atom is 0.273 e. The Hall–Kier alpha value is -1.29. The molecule has 0 radical (unpaired) electrons. The van der Waals surface area contributed by atoms with Crippen LogP contribution in [0.4, 0.5) is 0 Å². The molecule has 0 aromatic heterocycles. The minimum absolute atomic E-state index is 1.01. The van der Waals surface area contributed by atoms with E-state index in [0.717, 1.165) is 16.0 Å². The van der Waals surface area contributed by atoms with Crippen LogP contribution < -0.4 is 4.89 Å². The SMILES string of the molecule is CO[P+]([O-])(C=S=C(c1ccccc1)c1ccccc1)OC. The molecule has 110 valence electrons. The van der Waals surface area contributed by atoms with Crippen LogP contribution in [0.15, 0.2) is 60.7 Å². The van der Waals surface area contributed by atoms with E-state index in [2.05, 4.69) is 0 Å². The van der Waals surface area contributed by atoms with E-state index in [-0.39, 0.29) is 0 Å². The van der Waals surface area contributed by atoms with E-state index >= 15 is 0 Å². The van der Waals surface area contributed by atoms with Crippen molar-refractivity contribution in [2.45, 2.75) is 0 Å². The van der Waals surface area contributed by atoms with Crippen molar-refractivity contribution < 1.29 is 13.9 Å². The second kappa shape index (κ2) is 7.64. The van der Waals surface area contributed by atoms with Crippen LogP contribution in [-0.4, -0.2) is 24.2 Å². The van der Waals surface area contributed by atoms with Gasteiger partial charge in [0, 0.05) is 4.86 Å². The zero-order valence-electron chi connectivity index (χ0n) is 11.9. The van der Waals surface area contributed by atoms with Crippen molar-refractivity contribution in [3.8, 4) is 0 Å². The van der Waals surface area contributed by atoms with Crippen molar-refractivity contribution in [1.82, 2.24) is 0 Å². The minimum atomic E-state index is -3.16. The third kappa shape index (κ3) is 4.34. The number of rotatable bonds is 5. The summed E-state index contributed by atoms with van der Waals surface area (Å²) in [6.07, 6.45) is 0. The highest BCUT2D eigenvalue weighted by Gasteiger charge is 2.22. The smallest absolute Gasteiger partial charge is 0.273 e. The normalized spacial score (nSPS) is 11.0. The average molecular weight is 320 g/mol. The van der Waals surface area contributed by atoms with Crippen LogP contribution in [0.5, 0.6) is 0 Å². The zero-order valence-corrected chi connectivity index (χ0v) is 13.6. The van der Waals surface area contributed by atoms with Crippen molar-refractivity contribution in [3.63, 3.8) is 0 Å². The predicted octanol–water partition coefficient (Wildman–Crippen LogP) is 3.16. The standard InChI is InChI=1S/C16H17O3PS/c1-18-20(17,19-2)13-21-16(14-9-5-3-6-10-14)15-11-7-4-8-12-15/h3-13H,1-2H3. The molecule has 0 atom stereocenters. The van der Waals surface area contributed by atoms with Crippen LogP contribution in [0.25, 0.3) is 0 Å². The van der Waals surface area contributed by atoms with Gasteiger partial charge < -0.3 is 4.89 Å². The maximum absolute atomic E-state index is 12.2. The fraction of sp³-hybridized carbons (Fsp3) is 0.125. The third-order valence-electron chi connectivity index (χ3n) is 2.88. The fourth-order valence-electron chi connectivity index (χ4n) is 1.76. The molecular formula is C16H17O3PS. The molecule has 0 aliphatic carbocycles. The number of hydrogen-bond donors (Lipinski definition) is 0. The maximum atomic E-state index is 12.2. The molecule has 2 aromatic rings. The average Bonchev–Trinajstić information content (AvgIpc) is 2.57. The lowest BCUT2D eigenvalue weighted by Crippen LogP contribution is -2.13. The van der Waals surface area contributed by atoms with E-state index < -0.39 is 7.94 Å². The summed E-state index contributed by atoms with van der Waals surface area (Å²) in [7, 11) is 0.966. The Kier molecular flexibility index (Phi) is 5.85. The highest BCUT2D eigenvalue weighted by atomic mass is 32.1. The Labute approximate surface area is 129 Å². The largest absolute Gasteiger partial charge is 0.627 e. The summed E-state index contributed by atoms with van der Waals surface area (Å²) in [5, 5.41) is 1.53. The summed E-state index contributed by atoms with van der Waals surface area (Å²) in [6, 6.07) is 19.9. The second-order valence-electron chi connectivity index (χ2n) is 4.19. The van der Waals surface area contributed by atoms with Gasteiger partial charge in [-0.25, -0.2) is 9.05 Å². The van der Waals surface area contributed by atoms with Gasteiger partial charge in [-0.1, -0.05) is 60.7 Å². The van der Waals surface area contributed by atoms with Gasteiger partial charge >= 0.3 is 0 Å². The third-order valence-corrected chi connectivity index (χ3v) is 6.06. The summed E-state index contributed by atoms with van der Waals surface area (Å²) in [5.74, 6) is 0.